The van der Waals surface area contributed by atoms with Gasteiger partial charge in [-0.05, 0) is 20.0 Å². The first-order chi connectivity index (χ1) is 4.58. The summed E-state index contributed by atoms with van der Waals surface area (Å²) in [6.45, 7) is 6.13. The highest BCUT2D eigenvalue weighted by Crippen LogP contribution is 2.55. The van der Waals surface area contributed by atoms with Gasteiger partial charge in [0.05, 0.1) is 7.14 Å². The van der Waals surface area contributed by atoms with Gasteiger partial charge in [-0.2, -0.15) is 0 Å². The molecule has 0 aliphatic carbocycles. The van der Waals surface area contributed by atoms with Crippen molar-refractivity contribution in [2.45, 2.75) is 25.9 Å². The molecule has 0 radical (unpaired) electrons. The van der Waals surface area contributed by atoms with Gasteiger partial charge in [-0.1, -0.05) is 18.6 Å². The van der Waals surface area contributed by atoms with Gasteiger partial charge >= 0.3 is 0 Å². The van der Waals surface area contributed by atoms with Gasteiger partial charge in [0.2, 0.25) is 0 Å². The lowest BCUT2D eigenvalue weighted by atomic mass is 10.2. The quantitative estimate of drug-likeness (QED) is 0.423. The Morgan fingerprint density at radius 2 is 2.40 bits per heavy atom. The summed E-state index contributed by atoms with van der Waals surface area (Å²) < 4.78 is 11.7. The molecule has 1 nitrogen and oxygen atoms in total. The van der Waals surface area contributed by atoms with Crippen LogP contribution in [0.25, 0.3) is 0 Å². The van der Waals surface area contributed by atoms with Crippen molar-refractivity contribution in [1.82, 2.24) is 0 Å². The van der Waals surface area contributed by atoms with Crippen LogP contribution in [0, 0.1) is 0 Å². The summed E-state index contributed by atoms with van der Waals surface area (Å²) in [6.07, 6.45) is 4.00. The van der Waals surface area contributed by atoms with Crippen LogP contribution in [0.4, 0.5) is 0 Å². The van der Waals surface area contributed by atoms with Gasteiger partial charge in [-0.3, -0.25) is 0 Å². The van der Waals surface area contributed by atoms with Gasteiger partial charge in [0, 0.05) is 11.8 Å². The molecule has 1 heterocycles. The summed E-state index contributed by atoms with van der Waals surface area (Å²) in [6, 6.07) is 0. The van der Waals surface area contributed by atoms with E-state index in [-0.39, 0.29) is 0 Å². The Labute approximate surface area is 62.9 Å². The highest BCUT2D eigenvalue weighted by atomic mass is 31.2. The van der Waals surface area contributed by atoms with E-state index in [1.54, 1.807) is 0 Å². The first kappa shape index (κ1) is 8.07. The molecular weight excluding hydrogens is 143 g/mol. The van der Waals surface area contributed by atoms with E-state index in [9.17, 15) is 4.57 Å². The van der Waals surface area contributed by atoms with Gasteiger partial charge in [-0.15, -0.1) is 0 Å². The normalized spacial score (nSPS) is 39.9. The van der Waals surface area contributed by atoms with Crippen LogP contribution in [0.5, 0.6) is 0 Å². The minimum absolute atomic E-state index is 0.396. The third-order valence-corrected chi connectivity index (χ3v) is 5.35. The molecule has 0 amide bonds. The molecule has 0 aromatic carbocycles. The molecule has 0 saturated carbocycles. The summed E-state index contributed by atoms with van der Waals surface area (Å²) in [5, 5.41) is 0. The Bertz CT molecular complexity index is 205. The average molecular weight is 158 g/mol. The Kier molecular flexibility index (Phi) is 2.05. The molecule has 58 valence electrons. The van der Waals surface area contributed by atoms with Crippen molar-refractivity contribution < 1.29 is 4.57 Å². The summed E-state index contributed by atoms with van der Waals surface area (Å²) in [4.78, 5) is 0. The standard InChI is InChI=1S/C8H15OP/c1-4-8-7(2)5-6-10(8,3)9/h5,8H,4,6H2,1-3H3. The van der Waals surface area contributed by atoms with Gasteiger partial charge < -0.3 is 4.57 Å². The zero-order valence-corrected chi connectivity index (χ0v) is 7.82. The van der Waals surface area contributed by atoms with Crippen LogP contribution in [0.1, 0.15) is 20.3 Å². The fourth-order valence-corrected chi connectivity index (χ4v) is 4.37. The van der Waals surface area contributed by atoms with Crippen molar-refractivity contribution in [3.63, 3.8) is 0 Å². The second kappa shape index (κ2) is 2.54. The van der Waals surface area contributed by atoms with Crippen LogP contribution in [-0.4, -0.2) is 18.5 Å². The van der Waals surface area contributed by atoms with E-state index in [0.717, 1.165) is 12.6 Å². The van der Waals surface area contributed by atoms with Gasteiger partial charge in [0.25, 0.3) is 0 Å². The smallest absolute Gasteiger partial charge is 0.0951 e. The highest BCUT2D eigenvalue weighted by Gasteiger charge is 2.31. The van der Waals surface area contributed by atoms with Crippen molar-refractivity contribution in [2.75, 3.05) is 12.8 Å². The molecule has 0 N–H and O–H groups in total. The Balaban J connectivity index is 2.84. The topological polar surface area (TPSA) is 17.1 Å². The maximum absolute atomic E-state index is 11.7. The SMILES string of the molecule is CCC1C(C)=CCP1(C)=O. The molecule has 1 rings (SSSR count). The second-order valence-corrected chi connectivity index (χ2v) is 6.57. The molecule has 2 atom stereocenters. The molecule has 0 spiro atoms. The number of rotatable bonds is 1. The number of hydrogen-bond donors (Lipinski definition) is 0. The molecule has 0 aromatic heterocycles. The molecular formula is C8H15OP. The molecule has 1 aliphatic heterocycles. The van der Waals surface area contributed by atoms with Crippen molar-refractivity contribution in [1.29, 1.82) is 0 Å². The third-order valence-electron chi connectivity index (χ3n) is 2.35. The van der Waals surface area contributed by atoms with Gasteiger partial charge in [-0.25, -0.2) is 0 Å². The van der Waals surface area contributed by atoms with Crippen molar-refractivity contribution in [2.24, 2.45) is 0 Å². The van der Waals surface area contributed by atoms with E-state index >= 15 is 0 Å². The van der Waals surface area contributed by atoms with Crippen LogP contribution in [0.2, 0.25) is 0 Å². The predicted octanol–water partition coefficient (Wildman–Crippen LogP) is 2.72. The van der Waals surface area contributed by atoms with E-state index in [0.29, 0.717) is 5.66 Å². The molecule has 2 unspecified atom stereocenters. The summed E-state index contributed by atoms with van der Waals surface area (Å²) in [5.41, 5.74) is 1.74. The van der Waals surface area contributed by atoms with Crippen LogP contribution in [-0.2, 0) is 4.57 Å². The monoisotopic (exact) mass is 158 g/mol. The van der Waals surface area contributed by atoms with E-state index in [1.807, 2.05) is 6.66 Å². The van der Waals surface area contributed by atoms with Gasteiger partial charge in [0.1, 0.15) is 0 Å². The molecule has 1 aliphatic rings. The van der Waals surface area contributed by atoms with E-state index in [1.165, 1.54) is 5.57 Å². The lowest BCUT2D eigenvalue weighted by Crippen LogP contribution is -2.03. The Morgan fingerprint density at radius 3 is 2.60 bits per heavy atom. The van der Waals surface area contributed by atoms with Gasteiger partial charge in [0.15, 0.2) is 0 Å². The van der Waals surface area contributed by atoms with Crippen LogP contribution < -0.4 is 0 Å². The molecule has 0 fully saturated rings. The van der Waals surface area contributed by atoms with E-state index in [2.05, 4.69) is 19.9 Å². The predicted molar refractivity (Wildman–Crippen MR) is 46.2 cm³/mol. The Hall–Kier alpha value is -0.0300. The Morgan fingerprint density at radius 1 is 1.80 bits per heavy atom. The molecule has 0 bridgehead atoms. The maximum Gasteiger partial charge on any atom is 0.0951 e. The molecule has 10 heavy (non-hydrogen) atoms. The lowest BCUT2D eigenvalue weighted by Gasteiger charge is -2.15. The van der Waals surface area contributed by atoms with Crippen LogP contribution >= 0.6 is 7.14 Å². The first-order valence-electron chi connectivity index (χ1n) is 3.81. The highest BCUT2D eigenvalue weighted by molar-refractivity contribution is 7.64. The van der Waals surface area contributed by atoms with E-state index < -0.39 is 7.14 Å². The van der Waals surface area contributed by atoms with Crippen molar-refractivity contribution in [3.8, 4) is 0 Å². The van der Waals surface area contributed by atoms with Crippen molar-refractivity contribution in [3.05, 3.63) is 11.6 Å². The number of hydrogen-bond acceptors (Lipinski definition) is 1. The first-order valence-corrected chi connectivity index (χ1v) is 6.21. The van der Waals surface area contributed by atoms with Crippen LogP contribution in [0.15, 0.2) is 11.6 Å². The summed E-state index contributed by atoms with van der Waals surface area (Å²) in [7, 11) is -1.80. The molecule has 0 saturated heterocycles. The zero-order chi connectivity index (χ0) is 7.78. The average Bonchev–Trinajstić information content (AvgIpc) is 2.07. The van der Waals surface area contributed by atoms with E-state index in [4.69, 9.17) is 0 Å². The minimum atomic E-state index is -1.80. The minimum Gasteiger partial charge on any atom is -0.323 e. The fraction of sp³-hybridized carbons (Fsp3) is 0.750. The largest absolute Gasteiger partial charge is 0.323 e. The zero-order valence-electron chi connectivity index (χ0n) is 6.92. The second-order valence-electron chi connectivity index (χ2n) is 3.23. The molecule has 0 aromatic rings. The van der Waals surface area contributed by atoms with Crippen molar-refractivity contribution >= 4 is 7.14 Å². The number of allylic oxidation sites excluding steroid dienone is 2. The fourth-order valence-electron chi connectivity index (χ4n) is 1.73. The summed E-state index contributed by atoms with van der Waals surface area (Å²) in [5.74, 6) is 0. The maximum atomic E-state index is 11.7. The lowest BCUT2D eigenvalue weighted by molar-refractivity contribution is 0.575. The molecule has 2 heteroatoms. The summed E-state index contributed by atoms with van der Waals surface area (Å²) >= 11 is 0. The third kappa shape index (κ3) is 1.20. The van der Waals surface area contributed by atoms with Crippen LogP contribution in [0.3, 0.4) is 0 Å².